The predicted molar refractivity (Wildman–Crippen MR) is 121 cm³/mol. The minimum Gasteiger partial charge on any atom is -0.196 e. The Labute approximate surface area is 176 Å². The van der Waals surface area contributed by atoms with E-state index in [1.54, 1.807) is 0 Å². The molecule has 1 aliphatic carbocycles. The van der Waals surface area contributed by atoms with E-state index in [0.29, 0.717) is 5.92 Å². The highest BCUT2D eigenvalue weighted by Gasteiger charge is 2.40. The lowest BCUT2D eigenvalue weighted by atomic mass is 9.86. The van der Waals surface area contributed by atoms with Crippen molar-refractivity contribution in [1.29, 1.82) is 0 Å². The van der Waals surface area contributed by atoms with E-state index in [4.69, 9.17) is 0 Å². The van der Waals surface area contributed by atoms with Crippen LogP contribution in [-0.2, 0) is 5.41 Å². The fourth-order valence-corrected chi connectivity index (χ4v) is 5.12. The topological polar surface area (TPSA) is 8.81 Å². The van der Waals surface area contributed by atoms with Gasteiger partial charge in [0.15, 0.2) is 5.69 Å². The van der Waals surface area contributed by atoms with Crippen molar-refractivity contribution in [3.63, 3.8) is 0 Å². The van der Waals surface area contributed by atoms with Gasteiger partial charge in [0.05, 0.1) is 5.41 Å². The number of benzene rings is 2. The Hall–Kier alpha value is -2.35. The van der Waals surface area contributed by atoms with Crippen LogP contribution in [0, 0.1) is 13.8 Å². The number of imidazole rings is 1. The molecule has 4 rings (SSSR count). The molecule has 0 saturated heterocycles. The summed E-state index contributed by atoms with van der Waals surface area (Å²) in [5.74, 6) is 2.01. The molecule has 1 aromatic heterocycles. The third kappa shape index (κ3) is 3.66. The minimum absolute atomic E-state index is 0.00972. The molecule has 0 N–H and O–H groups in total. The molecule has 1 heterocycles. The standard InChI is InChI=1S/C27H35N2/c1-20-14-12-13-19-24(20)28-21(2)25(22-15-8-6-9-16-22)29(26(28)27(3,4)5)23-17-10-7-11-18-23/h7,10-14,17-19,22H,6,8-9,15-16H2,1-5H3/q+1. The first-order valence-corrected chi connectivity index (χ1v) is 11.2. The van der Waals surface area contributed by atoms with Gasteiger partial charge in [-0.05, 0) is 64.3 Å². The molecule has 0 radical (unpaired) electrons. The van der Waals surface area contributed by atoms with Gasteiger partial charge < -0.3 is 0 Å². The summed E-state index contributed by atoms with van der Waals surface area (Å²) in [7, 11) is 0. The maximum Gasteiger partial charge on any atom is 0.272 e. The second kappa shape index (κ2) is 7.82. The lowest BCUT2D eigenvalue weighted by Crippen LogP contribution is -2.43. The average molecular weight is 388 g/mol. The molecule has 1 aliphatic rings. The van der Waals surface area contributed by atoms with Gasteiger partial charge in [0.2, 0.25) is 0 Å². The average Bonchev–Trinajstić information content (AvgIpc) is 3.03. The van der Waals surface area contributed by atoms with Gasteiger partial charge in [0.25, 0.3) is 5.82 Å². The normalized spacial score (nSPS) is 15.6. The molecule has 1 saturated carbocycles. The maximum absolute atomic E-state index is 2.60. The number of aryl methyl sites for hydroxylation is 1. The fraction of sp³-hybridized carbons (Fsp3) is 0.444. The molecule has 2 nitrogen and oxygen atoms in total. The molecular formula is C27H35N2+. The second-order valence-corrected chi connectivity index (χ2v) is 9.67. The van der Waals surface area contributed by atoms with Crippen molar-refractivity contribution in [2.75, 3.05) is 0 Å². The van der Waals surface area contributed by atoms with Crippen LogP contribution in [-0.4, -0.2) is 4.57 Å². The highest BCUT2D eigenvalue weighted by atomic mass is 15.2. The van der Waals surface area contributed by atoms with Crippen molar-refractivity contribution in [2.45, 2.75) is 78.1 Å². The van der Waals surface area contributed by atoms with E-state index in [9.17, 15) is 0 Å². The summed E-state index contributed by atoms with van der Waals surface area (Å²) in [5.41, 5.74) is 6.85. The van der Waals surface area contributed by atoms with E-state index in [1.165, 1.54) is 66.3 Å². The van der Waals surface area contributed by atoms with Crippen LogP contribution in [0.25, 0.3) is 11.4 Å². The van der Waals surface area contributed by atoms with Crippen LogP contribution in [0.5, 0.6) is 0 Å². The monoisotopic (exact) mass is 387 g/mol. The summed E-state index contributed by atoms with van der Waals surface area (Å²) in [5, 5.41) is 0. The molecule has 29 heavy (non-hydrogen) atoms. The third-order valence-electron chi connectivity index (χ3n) is 6.40. The van der Waals surface area contributed by atoms with Gasteiger partial charge in [-0.2, -0.15) is 9.13 Å². The van der Waals surface area contributed by atoms with E-state index in [-0.39, 0.29) is 5.41 Å². The summed E-state index contributed by atoms with van der Waals surface area (Å²) in [4.78, 5) is 0. The molecule has 2 aromatic carbocycles. The van der Waals surface area contributed by atoms with Crippen molar-refractivity contribution >= 4 is 0 Å². The largest absolute Gasteiger partial charge is 0.272 e. The number of aromatic nitrogens is 2. The van der Waals surface area contributed by atoms with Gasteiger partial charge in [-0.3, -0.25) is 0 Å². The predicted octanol–water partition coefficient (Wildman–Crippen LogP) is 6.72. The summed E-state index contributed by atoms with van der Waals surface area (Å²) in [6.07, 6.45) is 6.67. The Bertz CT molecular complexity index is 983. The third-order valence-corrected chi connectivity index (χ3v) is 6.40. The molecule has 0 atom stereocenters. The van der Waals surface area contributed by atoms with Gasteiger partial charge in [0.1, 0.15) is 17.1 Å². The minimum atomic E-state index is 0.00972. The van der Waals surface area contributed by atoms with Crippen LogP contribution >= 0.6 is 0 Å². The Kier molecular flexibility index (Phi) is 5.38. The van der Waals surface area contributed by atoms with Gasteiger partial charge in [0, 0.05) is 12.8 Å². The molecular weight excluding hydrogens is 352 g/mol. The van der Waals surface area contributed by atoms with E-state index in [0.717, 1.165) is 0 Å². The first-order chi connectivity index (χ1) is 13.9. The van der Waals surface area contributed by atoms with Crippen molar-refractivity contribution in [2.24, 2.45) is 0 Å². The van der Waals surface area contributed by atoms with Crippen molar-refractivity contribution < 1.29 is 4.57 Å². The molecule has 3 aromatic rings. The fourth-order valence-electron chi connectivity index (χ4n) is 5.12. The van der Waals surface area contributed by atoms with Gasteiger partial charge in [-0.15, -0.1) is 0 Å². The highest BCUT2D eigenvalue weighted by Crippen LogP contribution is 2.38. The quantitative estimate of drug-likeness (QED) is 0.441. The first kappa shape index (κ1) is 19.9. The zero-order chi connectivity index (χ0) is 20.6. The Morgan fingerprint density at radius 2 is 1.45 bits per heavy atom. The van der Waals surface area contributed by atoms with Crippen molar-refractivity contribution in [3.8, 4) is 11.4 Å². The number of nitrogens with zero attached hydrogens (tertiary/aromatic N) is 2. The Morgan fingerprint density at radius 1 is 0.828 bits per heavy atom. The lowest BCUT2D eigenvalue weighted by molar-refractivity contribution is -0.614. The molecule has 1 fully saturated rings. The zero-order valence-corrected chi connectivity index (χ0v) is 18.7. The Balaban J connectivity index is 2.09. The number of hydrogen-bond donors (Lipinski definition) is 0. The van der Waals surface area contributed by atoms with Crippen LogP contribution < -0.4 is 4.57 Å². The summed E-state index contributed by atoms with van der Waals surface area (Å²) < 4.78 is 5.14. The summed E-state index contributed by atoms with van der Waals surface area (Å²) >= 11 is 0. The highest BCUT2D eigenvalue weighted by molar-refractivity contribution is 5.41. The van der Waals surface area contributed by atoms with Crippen LogP contribution in [0.15, 0.2) is 54.6 Å². The SMILES string of the molecule is Cc1ccccc1-[n+]1c(C)c(C2CCCCC2)n(-c2ccccc2)c1C(C)(C)C. The van der Waals surface area contributed by atoms with Gasteiger partial charge >= 0.3 is 0 Å². The van der Waals surface area contributed by atoms with E-state index in [1.807, 2.05) is 0 Å². The van der Waals surface area contributed by atoms with Crippen LogP contribution in [0.1, 0.15) is 81.6 Å². The van der Waals surface area contributed by atoms with Gasteiger partial charge in [-0.25, -0.2) is 0 Å². The molecule has 152 valence electrons. The second-order valence-electron chi connectivity index (χ2n) is 9.67. The number of rotatable bonds is 3. The van der Waals surface area contributed by atoms with Crippen LogP contribution in [0.2, 0.25) is 0 Å². The number of hydrogen-bond acceptors (Lipinski definition) is 0. The maximum atomic E-state index is 2.60. The summed E-state index contributed by atoms with van der Waals surface area (Å²) in [6.45, 7) is 11.6. The van der Waals surface area contributed by atoms with Crippen molar-refractivity contribution in [3.05, 3.63) is 77.4 Å². The zero-order valence-electron chi connectivity index (χ0n) is 18.7. The number of para-hydroxylation sites is 2. The molecule has 0 spiro atoms. The van der Waals surface area contributed by atoms with Gasteiger partial charge in [-0.1, -0.05) is 55.7 Å². The van der Waals surface area contributed by atoms with Crippen LogP contribution in [0.3, 0.4) is 0 Å². The van der Waals surface area contributed by atoms with E-state index < -0.39 is 0 Å². The molecule has 0 amide bonds. The Morgan fingerprint density at radius 3 is 2.07 bits per heavy atom. The molecule has 0 bridgehead atoms. The van der Waals surface area contributed by atoms with Crippen molar-refractivity contribution in [1.82, 2.24) is 4.57 Å². The van der Waals surface area contributed by atoms with Crippen LogP contribution in [0.4, 0.5) is 0 Å². The lowest BCUT2D eigenvalue weighted by Gasteiger charge is -2.22. The molecule has 0 unspecified atom stereocenters. The first-order valence-electron chi connectivity index (χ1n) is 11.2. The molecule has 0 aliphatic heterocycles. The molecule has 2 heteroatoms. The van der Waals surface area contributed by atoms with E-state index in [2.05, 4.69) is 98.4 Å². The summed E-state index contributed by atoms with van der Waals surface area (Å²) in [6, 6.07) is 19.8. The van der Waals surface area contributed by atoms with E-state index >= 15 is 0 Å². The smallest absolute Gasteiger partial charge is 0.196 e.